The van der Waals surface area contributed by atoms with Gasteiger partial charge in [0.2, 0.25) is 0 Å². The summed E-state index contributed by atoms with van der Waals surface area (Å²) in [7, 11) is 0. The van der Waals surface area contributed by atoms with E-state index < -0.39 is 0 Å². The second-order valence-electron chi connectivity index (χ2n) is 4.35. The van der Waals surface area contributed by atoms with Gasteiger partial charge in [-0.1, -0.05) is 5.16 Å². The average molecular weight is 266 g/mol. The molecule has 1 saturated heterocycles. The van der Waals surface area contributed by atoms with Gasteiger partial charge in [-0.2, -0.15) is 9.36 Å². The van der Waals surface area contributed by atoms with Gasteiger partial charge in [0, 0.05) is 19.1 Å². The number of nitrogens with two attached hydrogens (primary N) is 1. The fourth-order valence-corrected chi connectivity index (χ4v) is 2.76. The van der Waals surface area contributed by atoms with E-state index in [-0.39, 0.29) is 0 Å². The minimum atomic E-state index is 0.323. The van der Waals surface area contributed by atoms with E-state index in [9.17, 15) is 0 Å². The number of anilines is 1. The Kier molecular flexibility index (Phi) is 3.00. The molecule has 1 aliphatic heterocycles. The van der Waals surface area contributed by atoms with Gasteiger partial charge in [-0.3, -0.25) is 0 Å². The smallest absolute Gasteiger partial charge is 0.262 e. The highest BCUT2D eigenvalue weighted by Gasteiger charge is 2.23. The van der Waals surface area contributed by atoms with E-state index in [1.165, 1.54) is 11.5 Å². The number of nitrogens with zero attached hydrogens (tertiary/aromatic N) is 3. The molecule has 6 nitrogen and oxygen atoms in total. The molecule has 3 rings (SSSR count). The van der Waals surface area contributed by atoms with Gasteiger partial charge < -0.3 is 15.0 Å². The Balaban J connectivity index is 1.89. The summed E-state index contributed by atoms with van der Waals surface area (Å²) < 4.78 is 14.8. The van der Waals surface area contributed by atoms with Crippen LogP contribution in [0, 0.1) is 6.92 Å². The summed E-state index contributed by atoms with van der Waals surface area (Å²) in [5.74, 6) is 1.54. The maximum Gasteiger partial charge on any atom is 0.262 e. The molecule has 1 aliphatic rings. The third-order valence-corrected chi connectivity index (χ3v) is 3.90. The van der Waals surface area contributed by atoms with Crippen molar-refractivity contribution in [1.29, 1.82) is 0 Å². The summed E-state index contributed by atoms with van der Waals surface area (Å²) >= 11 is 1.25. The van der Waals surface area contributed by atoms with Gasteiger partial charge in [-0.25, -0.2) is 0 Å². The van der Waals surface area contributed by atoms with Gasteiger partial charge in [-0.15, -0.1) is 0 Å². The summed E-state index contributed by atoms with van der Waals surface area (Å²) in [4.78, 5) is 4.45. The predicted octanol–water partition coefficient (Wildman–Crippen LogP) is 1.98. The molecule has 18 heavy (non-hydrogen) atoms. The highest BCUT2D eigenvalue weighted by molar-refractivity contribution is 7.10. The van der Waals surface area contributed by atoms with Crippen LogP contribution < -0.4 is 5.73 Å². The Labute approximate surface area is 108 Å². The van der Waals surface area contributed by atoms with E-state index in [0.717, 1.165) is 43.1 Å². The van der Waals surface area contributed by atoms with Crippen LogP contribution in [-0.4, -0.2) is 27.7 Å². The molecule has 0 saturated carbocycles. The number of hydrogen-bond acceptors (Lipinski definition) is 7. The van der Waals surface area contributed by atoms with Crippen molar-refractivity contribution in [2.75, 3.05) is 18.9 Å². The molecule has 0 aromatic carbocycles. The molecule has 96 valence electrons. The zero-order chi connectivity index (χ0) is 12.5. The number of hydrogen-bond donors (Lipinski definition) is 1. The quantitative estimate of drug-likeness (QED) is 0.894. The largest absolute Gasteiger partial charge is 0.389 e. The number of aromatic nitrogens is 3. The standard InChI is InChI=1S/C11H14N4O2S/c1-6-8(9(12)18-15-6)11-13-10(14-17-11)7-2-4-16-5-3-7/h7H,2-5,12H2,1H3. The van der Waals surface area contributed by atoms with E-state index in [2.05, 4.69) is 14.5 Å². The molecule has 7 heteroatoms. The molecule has 0 spiro atoms. The molecule has 3 heterocycles. The van der Waals surface area contributed by atoms with E-state index in [4.69, 9.17) is 15.0 Å². The van der Waals surface area contributed by atoms with E-state index >= 15 is 0 Å². The molecule has 2 N–H and O–H groups in total. The zero-order valence-corrected chi connectivity index (χ0v) is 10.9. The van der Waals surface area contributed by atoms with Crippen molar-refractivity contribution in [1.82, 2.24) is 14.5 Å². The topological polar surface area (TPSA) is 87.1 Å². The van der Waals surface area contributed by atoms with Crippen LogP contribution in [0.2, 0.25) is 0 Å². The lowest BCUT2D eigenvalue weighted by Crippen LogP contribution is -2.15. The molecule has 2 aromatic heterocycles. The summed E-state index contributed by atoms with van der Waals surface area (Å²) in [5, 5.41) is 4.68. The van der Waals surface area contributed by atoms with Crippen LogP contribution in [0.1, 0.15) is 30.3 Å². The minimum absolute atomic E-state index is 0.323. The maximum atomic E-state index is 5.87. The maximum absolute atomic E-state index is 5.87. The normalized spacial score (nSPS) is 17.2. The second kappa shape index (κ2) is 4.66. The number of aryl methyl sites for hydroxylation is 1. The van der Waals surface area contributed by atoms with Gasteiger partial charge in [0.1, 0.15) is 5.00 Å². The molecule has 0 unspecified atom stereocenters. The van der Waals surface area contributed by atoms with Crippen LogP contribution in [-0.2, 0) is 4.74 Å². The molecular formula is C11H14N4O2S. The Morgan fingerprint density at radius 2 is 2.11 bits per heavy atom. The molecular weight excluding hydrogens is 252 g/mol. The lowest BCUT2D eigenvalue weighted by atomic mass is 10.00. The third-order valence-electron chi connectivity index (χ3n) is 3.13. The summed E-state index contributed by atoms with van der Waals surface area (Å²) in [6.45, 7) is 3.41. The SMILES string of the molecule is Cc1nsc(N)c1-c1nc(C2CCOCC2)no1. The van der Waals surface area contributed by atoms with Crippen LogP contribution >= 0.6 is 11.5 Å². The molecule has 2 aromatic rings. The fraction of sp³-hybridized carbons (Fsp3) is 0.545. The molecule has 0 bridgehead atoms. The van der Waals surface area contributed by atoms with Crippen molar-refractivity contribution in [2.24, 2.45) is 0 Å². The number of nitrogen functional groups attached to an aromatic ring is 1. The van der Waals surface area contributed by atoms with Crippen molar-refractivity contribution in [3.63, 3.8) is 0 Å². The molecule has 0 atom stereocenters. The van der Waals surface area contributed by atoms with Crippen molar-refractivity contribution in [2.45, 2.75) is 25.7 Å². The van der Waals surface area contributed by atoms with E-state index in [1.54, 1.807) is 0 Å². The average Bonchev–Trinajstić information content (AvgIpc) is 2.98. The predicted molar refractivity (Wildman–Crippen MR) is 67.3 cm³/mol. The Hall–Kier alpha value is -1.47. The van der Waals surface area contributed by atoms with E-state index in [0.29, 0.717) is 16.8 Å². The van der Waals surface area contributed by atoms with Crippen molar-refractivity contribution < 1.29 is 9.26 Å². The van der Waals surface area contributed by atoms with Crippen LogP contribution in [0.3, 0.4) is 0 Å². The van der Waals surface area contributed by atoms with Gasteiger partial charge in [0.25, 0.3) is 5.89 Å². The summed E-state index contributed by atoms with van der Waals surface area (Å²) in [6, 6.07) is 0. The van der Waals surface area contributed by atoms with Crippen LogP contribution in [0.4, 0.5) is 5.00 Å². The second-order valence-corrected chi connectivity index (χ2v) is 5.16. The first-order valence-corrected chi connectivity index (χ1v) is 6.66. The first-order chi connectivity index (χ1) is 8.75. The Bertz CT molecular complexity index is 525. The lowest BCUT2D eigenvalue weighted by Gasteiger charge is -2.18. The molecule has 0 aliphatic carbocycles. The molecule has 1 fully saturated rings. The van der Waals surface area contributed by atoms with Crippen molar-refractivity contribution in [3.05, 3.63) is 11.5 Å². The Morgan fingerprint density at radius 3 is 2.78 bits per heavy atom. The lowest BCUT2D eigenvalue weighted by molar-refractivity contribution is 0.0830. The highest BCUT2D eigenvalue weighted by atomic mass is 32.1. The third kappa shape index (κ3) is 1.99. The first-order valence-electron chi connectivity index (χ1n) is 5.89. The first kappa shape index (κ1) is 11.6. The summed E-state index contributed by atoms with van der Waals surface area (Å²) in [6.07, 6.45) is 1.88. The van der Waals surface area contributed by atoms with Crippen LogP contribution in [0.25, 0.3) is 11.5 Å². The monoisotopic (exact) mass is 266 g/mol. The molecule has 0 amide bonds. The van der Waals surface area contributed by atoms with Crippen LogP contribution in [0.5, 0.6) is 0 Å². The minimum Gasteiger partial charge on any atom is -0.389 e. The van der Waals surface area contributed by atoms with E-state index in [1.807, 2.05) is 6.92 Å². The van der Waals surface area contributed by atoms with Gasteiger partial charge in [0.05, 0.1) is 11.3 Å². The van der Waals surface area contributed by atoms with Crippen LogP contribution in [0.15, 0.2) is 4.52 Å². The van der Waals surface area contributed by atoms with Gasteiger partial charge >= 0.3 is 0 Å². The van der Waals surface area contributed by atoms with Crippen molar-refractivity contribution in [3.8, 4) is 11.5 Å². The number of ether oxygens (including phenoxy) is 1. The summed E-state index contributed by atoms with van der Waals surface area (Å²) in [5.41, 5.74) is 7.47. The molecule has 0 radical (unpaired) electrons. The van der Waals surface area contributed by atoms with Crippen molar-refractivity contribution >= 4 is 16.5 Å². The van der Waals surface area contributed by atoms with Gasteiger partial charge in [0.15, 0.2) is 5.82 Å². The van der Waals surface area contributed by atoms with Gasteiger partial charge in [-0.05, 0) is 31.3 Å². The highest BCUT2D eigenvalue weighted by Crippen LogP contribution is 2.33. The fourth-order valence-electron chi connectivity index (χ4n) is 2.11. The zero-order valence-electron chi connectivity index (χ0n) is 10.0. The number of rotatable bonds is 2. The Morgan fingerprint density at radius 1 is 1.33 bits per heavy atom.